The number of carbonyl (C=O) groups excluding carboxylic acids is 1. The maximum atomic E-state index is 12.4. The number of nitrogens with zero attached hydrogens (tertiary/aromatic N) is 2. The van der Waals surface area contributed by atoms with Crippen molar-refractivity contribution in [3.05, 3.63) is 30.2 Å². The van der Waals surface area contributed by atoms with E-state index in [-0.39, 0.29) is 23.1 Å². The molecule has 0 unspecified atom stereocenters. The van der Waals surface area contributed by atoms with E-state index in [1.807, 2.05) is 25.1 Å². The molecular formula is C18H24N4O3. The van der Waals surface area contributed by atoms with Crippen molar-refractivity contribution < 1.29 is 13.9 Å². The van der Waals surface area contributed by atoms with Crippen molar-refractivity contribution >= 4 is 11.7 Å². The van der Waals surface area contributed by atoms with E-state index in [4.69, 9.17) is 9.15 Å². The van der Waals surface area contributed by atoms with Gasteiger partial charge in [-0.2, -0.15) is 0 Å². The van der Waals surface area contributed by atoms with Crippen LogP contribution in [0, 0.1) is 12.3 Å². The Morgan fingerprint density at radius 2 is 2.12 bits per heavy atom. The molecule has 0 spiro atoms. The largest absolute Gasteiger partial charge is 0.423 e. The normalized spacial score (nSPS) is 24.4. The maximum absolute atomic E-state index is 12.4. The molecule has 3 rings (SSSR count). The van der Waals surface area contributed by atoms with Crippen molar-refractivity contribution in [2.75, 3.05) is 12.4 Å². The monoisotopic (exact) mass is 344 g/mol. The summed E-state index contributed by atoms with van der Waals surface area (Å²) < 4.78 is 10.8. The van der Waals surface area contributed by atoms with Crippen molar-refractivity contribution in [2.24, 2.45) is 5.41 Å². The van der Waals surface area contributed by atoms with Crippen LogP contribution in [0.5, 0.6) is 0 Å². The number of ether oxygens (including phenoxy) is 1. The zero-order chi connectivity index (χ0) is 18.2. The van der Waals surface area contributed by atoms with Gasteiger partial charge >= 0.3 is 6.03 Å². The number of urea groups is 1. The zero-order valence-corrected chi connectivity index (χ0v) is 15.2. The third-order valence-corrected chi connectivity index (χ3v) is 5.68. The van der Waals surface area contributed by atoms with Gasteiger partial charge in [-0.15, -0.1) is 10.2 Å². The molecular weight excluding hydrogens is 320 g/mol. The van der Waals surface area contributed by atoms with Crippen LogP contribution in [0.3, 0.4) is 0 Å². The Morgan fingerprint density at radius 3 is 2.72 bits per heavy atom. The topological polar surface area (TPSA) is 89.3 Å². The highest BCUT2D eigenvalue weighted by Gasteiger charge is 2.58. The Hall–Kier alpha value is -2.41. The fraction of sp³-hybridized carbons (Fsp3) is 0.500. The van der Waals surface area contributed by atoms with Gasteiger partial charge in [-0.1, -0.05) is 19.9 Å². The summed E-state index contributed by atoms with van der Waals surface area (Å²) in [5.74, 6) is 0.416. The van der Waals surface area contributed by atoms with Gasteiger partial charge in [-0.25, -0.2) is 4.79 Å². The summed E-state index contributed by atoms with van der Waals surface area (Å²) in [6.07, 6.45) is 2.06. The van der Waals surface area contributed by atoms with Crippen molar-refractivity contribution in [3.8, 4) is 11.5 Å². The Balaban J connectivity index is 1.69. The van der Waals surface area contributed by atoms with Crippen LogP contribution in [-0.2, 0) is 4.74 Å². The number of methoxy groups -OCH3 is 1. The number of carbonyl (C=O) groups is 1. The second-order valence-electron chi connectivity index (χ2n) is 7.29. The SMILES string of the molecule is CO[C@@]1(C)C[C@H](NC(=O)Nc2cc(-c3nnco3)ccc2C)C1(C)C. The molecule has 1 aromatic carbocycles. The molecule has 25 heavy (non-hydrogen) atoms. The lowest BCUT2D eigenvalue weighted by Crippen LogP contribution is -2.68. The van der Waals surface area contributed by atoms with Crippen LogP contribution in [-0.4, -0.2) is 35.0 Å². The molecule has 2 aromatic rings. The first-order valence-electron chi connectivity index (χ1n) is 8.27. The van der Waals surface area contributed by atoms with E-state index in [2.05, 4.69) is 41.6 Å². The lowest BCUT2D eigenvalue weighted by atomic mass is 9.56. The molecule has 0 bridgehead atoms. The number of amides is 2. The molecule has 1 aliphatic carbocycles. The third kappa shape index (κ3) is 3.00. The Morgan fingerprint density at radius 1 is 1.36 bits per heavy atom. The number of nitrogens with one attached hydrogen (secondary N) is 2. The molecule has 1 heterocycles. The predicted octanol–water partition coefficient (Wildman–Crippen LogP) is 3.37. The third-order valence-electron chi connectivity index (χ3n) is 5.68. The van der Waals surface area contributed by atoms with Gasteiger partial charge < -0.3 is 19.8 Å². The van der Waals surface area contributed by atoms with Gasteiger partial charge in [0, 0.05) is 29.8 Å². The molecule has 0 saturated heterocycles. The highest BCUT2D eigenvalue weighted by molar-refractivity contribution is 5.91. The van der Waals surface area contributed by atoms with Crippen molar-refractivity contribution in [2.45, 2.75) is 45.8 Å². The number of anilines is 1. The highest BCUT2D eigenvalue weighted by atomic mass is 16.5. The first kappa shape index (κ1) is 17.4. The van der Waals surface area contributed by atoms with E-state index in [1.54, 1.807) is 7.11 Å². The molecule has 2 N–H and O–H groups in total. The number of hydrogen-bond donors (Lipinski definition) is 2. The summed E-state index contributed by atoms with van der Waals surface area (Å²) in [6, 6.07) is 5.43. The van der Waals surface area contributed by atoms with Crippen LogP contribution in [0.1, 0.15) is 32.8 Å². The van der Waals surface area contributed by atoms with Gasteiger partial charge in [0.2, 0.25) is 12.3 Å². The second kappa shape index (κ2) is 6.15. The van der Waals surface area contributed by atoms with Crippen LogP contribution >= 0.6 is 0 Å². The van der Waals surface area contributed by atoms with Crippen LogP contribution in [0.2, 0.25) is 0 Å². The molecule has 0 aliphatic heterocycles. The van der Waals surface area contributed by atoms with E-state index in [1.165, 1.54) is 6.39 Å². The number of benzene rings is 1. The van der Waals surface area contributed by atoms with Gasteiger partial charge in [0.1, 0.15) is 0 Å². The fourth-order valence-electron chi connectivity index (χ4n) is 3.23. The molecule has 2 atom stereocenters. The highest BCUT2D eigenvalue weighted by Crippen LogP contribution is 2.51. The molecule has 1 saturated carbocycles. The summed E-state index contributed by atoms with van der Waals surface area (Å²) in [5, 5.41) is 13.5. The summed E-state index contributed by atoms with van der Waals surface area (Å²) in [4.78, 5) is 12.4. The first-order chi connectivity index (χ1) is 11.8. The number of hydrogen-bond acceptors (Lipinski definition) is 5. The molecule has 1 fully saturated rings. The predicted molar refractivity (Wildman–Crippen MR) is 94.2 cm³/mol. The Bertz CT molecular complexity index is 773. The minimum Gasteiger partial charge on any atom is -0.423 e. The smallest absolute Gasteiger partial charge is 0.319 e. The molecule has 7 heteroatoms. The van der Waals surface area contributed by atoms with Crippen molar-refractivity contribution in [3.63, 3.8) is 0 Å². The second-order valence-corrected chi connectivity index (χ2v) is 7.29. The van der Waals surface area contributed by atoms with Crippen molar-refractivity contribution in [1.82, 2.24) is 15.5 Å². The standard InChI is InChI=1S/C18H24N4O3/c1-11-6-7-12(15-22-19-10-25-15)8-13(11)20-16(23)21-14-9-18(4,24-5)17(14,2)3/h6-8,10,14H,9H2,1-5H3,(H2,20,21,23)/t14-,18-/m0/s1. The molecule has 0 radical (unpaired) electrons. The number of aryl methyl sites for hydroxylation is 1. The Labute approximate surface area is 147 Å². The molecule has 134 valence electrons. The summed E-state index contributed by atoms with van der Waals surface area (Å²) in [6.45, 7) is 8.21. The van der Waals surface area contributed by atoms with E-state index < -0.39 is 0 Å². The molecule has 1 aromatic heterocycles. The summed E-state index contributed by atoms with van der Waals surface area (Å²) in [5.41, 5.74) is 2.06. The Kier molecular flexibility index (Phi) is 4.28. The van der Waals surface area contributed by atoms with Gasteiger partial charge in [-0.3, -0.25) is 0 Å². The minimum absolute atomic E-state index is 0.0527. The van der Waals surface area contributed by atoms with Gasteiger partial charge in [0.05, 0.1) is 5.60 Å². The van der Waals surface area contributed by atoms with E-state index in [0.717, 1.165) is 17.5 Å². The van der Waals surface area contributed by atoms with Crippen LogP contribution in [0.15, 0.2) is 29.0 Å². The van der Waals surface area contributed by atoms with Gasteiger partial charge in [0.25, 0.3) is 0 Å². The number of rotatable bonds is 4. The first-order valence-corrected chi connectivity index (χ1v) is 8.27. The van der Waals surface area contributed by atoms with Gasteiger partial charge in [-0.05, 0) is 38.0 Å². The average molecular weight is 344 g/mol. The van der Waals surface area contributed by atoms with Crippen LogP contribution in [0.25, 0.3) is 11.5 Å². The van der Waals surface area contributed by atoms with Crippen LogP contribution < -0.4 is 10.6 Å². The molecule has 2 amide bonds. The fourth-order valence-corrected chi connectivity index (χ4v) is 3.23. The van der Waals surface area contributed by atoms with Gasteiger partial charge in [0.15, 0.2) is 0 Å². The average Bonchev–Trinajstić information content (AvgIpc) is 3.10. The zero-order valence-electron chi connectivity index (χ0n) is 15.2. The van der Waals surface area contributed by atoms with Crippen LogP contribution in [0.4, 0.5) is 10.5 Å². The minimum atomic E-state index is -0.234. The van der Waals surface area contributed by atoms with E-state index in [0.29, 0.717) is 11.6 Å². The molecule has 7 nitrogen and oxygen atoms in total. The van der Waals surface area contributed by atoms with E-state index >= 15 is 0 Å². The summed E-state index contributed by atoms with van der Waals surface area (Å²) >= 11 is 0. The quantitative estimate of drug-likeness (QED) is 0.887. The lowest BCUT2D eigenvalue weighted by Gasteiger charge is -2.59. The maximum Gasteiger partial charge on any atom is 0.319 e. The lowest BCUT2D eigenvalue weighted by molar-refractivity contribution is -0.177. The van der Waals surface area contributed by atoms with Crippen molar-refractivity contribution in [1.29, 1.82) is 0 Å². The summed E-state index contributed by atoms with van der Waals surface area (Å²) in [7, 11) is 1.71. The molecule has 1 aliphatic rings. The number of aromatic nitrogens is 2. The van der Waals surface area contributed by atoms with E-state index in [9.17, 15) is 4.79 Å².